The van der Waals surface area contributed by atoms with Crippen molar-refractivity contribution in [2.75, 3.05) is 6.61 Å². The summed E-state index contributed by atoms with van der Waals surface area (Å²) >= 11 is 1.20. The lowest BCUT2D eigenvalue weighted by Gasteiger charge is -2.21. The van der Waals surface area contributed by atoms with E-state index in [0.29, 0.717) is 26.2 Å². The maximum atomic E-state index is 13.4. The van der Waals surface area contributed by atoms with Crippen LogP contribution < -0.4 is 14.9 Å². The number of carbonyl (C=O) groups is 1. The Hall–Kier alpha value is -4.11. The monoisotopic (exact) mass is 475 g/mol. The van der Waals surface area contributed by atoms with Crippen molar-refractivity contribution in [1.82, 2.24) is 4.57 Å². The molecule has 0 bridgehead atoms. The number of aromatic nitrogens is 1. The molecule has 0 saturated carbocycles. The molecule has 0 unspecified atom stereocenters. The van der Waals surface area contributed by atoms with Crippen LogP contribution in [0.25, 0.3) is 12.2 Å². The Morgan fingerprint density at radius 2 is 1.88 bits per heavy atom. The lowest BCUT2D eigenvalue weighted by molar-refractivity contribution is -0.384. The number of nitro groups is 1. The van der Waals surface area contributed by atoms with Crippen LogP contribution in [-0.2, 0) is 9.53 Å². The van der Waals surface area contributed by atoms with Gasteiger partial charge in [0.15, 0.2) is 4.80 Å². The summed E-state index contributed by atoms with van der Waals surface area (Å²) in [4.78, 5) is 41.6. The maximum absolute atomic E-state index is 13.4. The zero-order valence-electron chi connectivity index (χ0n) is 18.5. The van der Waals surface area contributed by atoms with Crippen molar-refractivity contribution in [2.24, 2.45) is 4.99 Å². The summed E-state index contributed by atoms with van der Waals surface area (Å²) in [5, 5.41) is 10.9. The van der Waals surface area contributed by atoms with Gasteiger partial charge in [-0.05, 0) is 43.2 Å². The van der Waals surface area contributed by atoms with Gasteiger partial charge in [0, 0.05) is 12.1 Å². The van der Waals surface area contributed by atoms with Gasteiger partial charge in [0.05, 0.1) is 33.4 Å². The van der Waals surface area contributed by atoms with Crippen LogP contribution in [0.2, 0.25) is 0 Å². The van der Waals surface area contributed by atoms with E-state index in [0.717, 1.165) is 5.56 Å². The van der Waals surface area contributed by atoms with Crippen molar-refractivity contribution >= 4 is 35.1 Å². The number of benzene rings is 2. The molecule has 1 aliphatic heterocycles. The number of nitro benzene ring substituents is 1. The molecule has 172 valence electrons. The number of fused-ring (bicyclic) bond motifs is 1. The first-order valence-corrected chi connectivity index (χ1v) is 11.4. The number of allylic oxidation sites excluding steroid dienone is 2. The third-order valence-corrected chi connectivity index (χ3v) is 6.21. The van der Waals surface area contributed by atoms with E-state index in [9.17, 15) is 19.7 Å². The summed E-state index contributed by atoms with van der Waals surface area (Å²) in [6, 6.07) is 14.8. The van der Waals surface area contributed by atoms with E-state index in [1.165, 1.54) is 28.0 Å². The van der Waals surface area contributed by atoms with E-state index >= 15 is 0 Å². The molecule has 2 aromatic carbocycles. The van der Waals surface area contributed by atoms with Crippen LogP contribution in [0.1, 0.15) is 31.0 Å². The Balaban J connectivity index is 1.84. The molecule has 0 saturated heterocycles. The van der Waals surface area contributed by atoms with Crippen LogP contribution in [0.4, 0.5) is 5.69 Å². The fraction of sp³-hybridized carbons (Fsp3) is 0.160. The van der Waals surface area contributed by atoms with Crippen molar-refractivity contribution in [3.63, 3.8) is 0 Å². The second-order valence-corrected chi connectivity index (χ2v) is 8.47. The topological polar surface area (TPSA) is 104 Å². The minimum atomic E-state index is -0.686. The summed E-state index contributed by atoms with van der Waals surface area (Å²) < 4.78 is 7.15. The smallest absolute Gasteiger partial charge is 0.338 e. The molecule has 0 radical (unpaired) electrons. The Kier molecular flexibility index (Phi) is 6.65. The summed E-state index contributed by atoms with van der Waals surface area (Å²) in [6.07, 6.45) is 5.32. The normalized spacial score (nSPS) is 15.8. The molecule has 1 atom stereocenters. The quantitative estimate of drug-likeness (QED) is 0.309. The number of esters is 1. The fourth-order valence-electron chi connectivity index (χ4n) is 3.63. The van der Waals surface area contributed by atoms with Crippen molar-refractivity contribution in [1.29, 1.82) is 0 Å². The predicted molar refractivity (Wildman–Crippen MR) is 130 cm³/mol. The number of nitrogens with zero attached hydrogens (tertiary/aromatic N) is 3. The number of hydrogen-bond acceptors (Lipinski definition) is 7. The number of rotatable bonds is 6. The highest BCUT2D eigenvalue weighted by molar-refractivity contribution is 7.07. The SMILES string of the molecule is CCOC(=O)C1=C(C)N=c2s/c(=C\c3ccc([N+](=O)[O-])cc3)c(=O)n2[C@@H]1/C=C/c1ccccc1. The van der Waals surface area contributed by atoms with Gasteiger partial charge in [-0.15, -0.1) is 0 Å². The van der Waals surface area contributed by atoms with Crippen molar-refractivity contribution in [2.45, 2.75) is 19.9 Å². The van der Waals surface area contributed by atoms with Gasteiger partial charge in [-0.25, -0.2) is 9.79 Å². The van der Waals surface area contributed by atoms with Gasteiger partial charge in [0.25, 0.3) is 11.2 Å². The second-order valence-electron chi connectivity index (χ2n) is 7.46. The average Bonchev–Trinajstić information content (AvgIpc) is 3.12. The van der Waals surface area contributed by atoms with Crippen LogP contribution >= 0.6 is 11.3 Å². The Morgan fingerprint density at radius 1 is 1.18 bits per heavy atom. The second kappa shape index (κ2) is 9.80. The molecule has 0 amide bonds. The first kappa shape index (κ1) is 23.1. The van der Waals surface area contributed by atoms with E-state index in [1.54, 1.807) is 38.1 Å². The molecular weight excluding hydrogens is 454 g/mol. The summed E-state index contributed by atoms with van der Waals surface area (Å²) in [6.45, 7) is 3.65. The van der Waals surface area contributed by atoms with Crippen molar-refractivity contribution in [3.8, 4) is 0 Å². The van der Waals surface area contributed by atoms with Crippen molar-refractivity contribution < 1.29 is 14.5 Å². The third kappa shape index (κ3) is 4.65. The molecule has 3 aromatic rings. The number of thiazole rings is 1. The first-order valence-electron chi connectivity index (χ1n) is 10.6. The summed E-state index contributed by atoms with van der Waals surface area (Å²) in [7, 11) is 0. The Labute approximate surface area is 198 Å². The van der Waals surface area contributed by atoms with Gasteiger partial charge in [0.2, 0.25) is 0 Å². The largest absolute Gasteiger partial charge is 0.463 e. The zero-order chi connectivity index (χ0) is 24.2. The number of carbonyl (C=O) groups excluding carboxylic acids is 1. The molecule has 34 heavy (non-hydrogen) atoms. The third-order valence-electron chi connectivity index (χ3n) is 5.23. The Morgan fingerprint density at radius 3 is 2.53 bits per heavy atom. The minimum Gasteiger partial charge on any atom is -0.463 e. The molecule has 1 aromatic heterocycles. The lowest BCUT2D eigenvalue weighted by atomic mass is 10.0. The predicted octanol–water partition coefficient (Wildman–Crippen LogP) is 3.37. The van der Waals surface area contributed by atoms with Gasteiger partial charge in [0.1, 0.15) is 0 Å². The fourth-order valence-corrected chi connectivity index (χ4v) is 4.68. The number of non-ortho nitro benzene ring substituents is 1. The molecule has 0 spiro atoms. The standard InChI is InChI=1S/C25H21N3O5S/c1-3-33-24(30)22-16(2)26-25-27(20(22)14-11-17-7-5-4-6-8-17)23(29)21(34-25)15-18-9-12-19(13-10-18)28(31)32/h4-15,20H,3H2,1-2H3/b14-11+,21-15-/t20-/m1/s1. The highest BCUT2D eigenvalue weighted by Gasteiger charge is 2.30. The van der Waals surface area contributed by atoms with Gasteiger partial charge < -0.3 is 4.74 Å². The average molecular weight is 476 g/mol. The van der Waals surface area contributed by atoms with E-state index < -0.39 is 16.9 Å². The summed E-state index contributed by atoms with van der Waals surface area (Å²) in [5.41, 5.74) is 2.04. The van der Waals surface area contributed by atoms with E-state index in [1.807, 2.05) is 36.4 Å². The van der Waals surface area contributed by atoms with Crippen LogP contribution in [0.15, 0.2) is 81.7 Å². The molecule has 8 nitrogen and oxygen atoms in total. The summed E-state index contributed by atoms with van der Waals surface area (Å²) in [5.74, 6) is -0.517. The van der Waals surface area contributed by atoms with E-state index in [2.05, 4.69) is 4.99 Å². The van der Waals surface area contributed by atoms with Gasteiger partial charge >= 0.3 is 5.97 Å². The van der Waals surface area contributed by atoms with Crippen LogP contribution in [0.5, 0.6) is 0 Å². The molecule has 0 fully saturated rings. The van der Waals surface area contributed by atoms with Crippen LogP contribution in [0, 0.1) is 10.1 Å². The van der Waals surface area contributed by atoms with Gasteiger partial charge in [-0.1, -0.05) is 53.8 Å². The molecule has 0 aliphatic carbocycles. The van der Waals surface area contributed by atoms with Crippen molar-refractivity contribution in [3.05, 3.63) is 113 Å². The van der Waals surface area contributed by atoms with E-state index in [-0.39, 0.29) is 17.9 Å². The van der Waals surface area contributed by atoms with Crippen LogP contribution in [-0.4, -0.2) is 22.1 Å². The molecule has 1 aliphatic rings. The van der Waals surface area contributed by atoms with E-state index in [4.69, 9.17) is 4.74 Å². The Bertz CT molecular complexity index is 1480. The molecule has 0 N–H and O–H groups in total. The highest BCUT2D eigenvalue weighted by atomic mass is 32.1. The zero-order valence-corrected chi connectivity index (χ0v) is 19.3. The number of hydrogen-bond donors (Lipinski definition) is 0. The molecule has 2 heterocycles. The van der Waals surface area contributed by atoms with Gasteiger partial charge in [-0.2, -0.15) is 0 Å². The molecule has 4 rings (SSSR count). The molecule has 9 heteroatoms. The molecular formula is C25H21N3O5S. The minimum absolute atomic E-state index is 0.0284. The maximum Gasteiger partial charge on any atom is 0.338 e. The number of ether oxygens (including phenoxy) is 1. The van der Waals surface area contributed by atoms with Gasteiger partial charge in [-0.3, -0.25) is 19.5 Å². The van der Waals surface area contributed by atoms with Crippen LogP contribution in [0.3, 0.4) is 0 Å². The first-order chi connectivity index (χ1) is 16.4. The lowest BCUT2D eigenvalue weighted by Crippen LogP contribution is -2.38. The highest BCUT2D eigenvalue weighted by Crippen LogP contribution is 2.26.